The number of aromatic amines is 1. The highest BCUT2D eigenvalue weighted by Crippen LogP contribution is 2.33. The van der Waals surface area contributed by atoms with Gasteiger partial charge in [0.1, 0.15) is 5.82 Å². The number of nitrogens with one attached hydrogen (secondary N) is 1. The summed E-state index contributed by atoms with van der Waals surface area (Å²) in [6.07, 6.45) is 1.73. The quantitative estimate of drug-likeness (QED) is 0.762. The predicted molar refractivity (Wildman–Crippen MR) is 78.8 cm³/mol. The predicted octanol–water partition coefficient (Wildman–Crippen LogP) is 3.91. The lowest BCUT2D eigenvalue weighted by atomic mass is 9.88. The zero-order chi connectivity index (χ0) is 14.8. The van der Waals surface area contributed by atoms with Crippen molar-refractivity contribution in [3.63, 3.8) is 0 Å². The summed E-state index contributed by atoms with van der Waals surface area (Å²) in [5.74, 6) is -1.65. The summed E-state index contributed by atoms with van der Waals surface area (Å²) in [5.41, 5.74) is 2.49. The molecule has 0 aliphatic heterocycles. The fourth-order valence-corrected chi connectivity index (χ4v) is 2.69. The largest absolute Gasteiger partial charge is 0.481 e. The van der Waals surface area contributed by atoms with E-state index in [2.05, 4.69) is 4.98 Å². The molecule has 0 bridgehead atoms. The van der Waals surface area contributed by atoms with E-state index in [0.717, 1.165) is 16.5 Å². The fourth-order valence-electron chi connectivity index (χ4n) is 2.69. The lowest BCUT2D eigenvalue weighted by Crippen LogP contribution is -2.08. The standard InChI is InChI=1S/C17H14FNO2/c18-12-5-3-4-11(8-12)14(9-17(20)21)15-10-19-16-7-2-1-6-13(15)16/h1-8,10,14,19H,9H2,(H,20,21)/t14-/m1/s1. The summed E-state index contributed by atoms with van der Waals surface area (Å²) >= 11 is 0. The van der Waals surface area contributed by atoms with Crippen LogP contribution in [0.5, 0.6) is 0 Å². The van der Waals surface area contributed by atoms with E-state index in [1.807, 2.05) is 30.5 Å². The topological polar surface area (TPSA) is 53.1 Å². The van der Waals surface area contributed by atoms with Gasteiger partial charge in [0.25, 0.3) is 0 Å². The summed E-state index contributed by atoms with van der Waals surface area (Å²) in [7, 11) is 0. The number of para-hydroxylation sites is 1. The number of benzene rings is 2. The smallest absolute Gasteiger partial charge is 0.304 e. The van der Waals surface area contributed by atoms with Crippen LogP contribution in [0, 0.1) is 5.82 Å². The number of fused-ring (bicyclic) bond motifs is 1. The van der Waals surface area contributed by atoms with Gasteiger partial charge >= 0.3 is 5.97 Å². The van der Waals surface area contributed by atoms with E-state index >= 15 is 0 Å². The van der Waals surface area contributed by atoms with Crippen LogP contribution in [0.3, 0.4) is 0 Å². The molecule has 0 spiro atoms. The van der Waals surface area contributed by atoms with Crippen molar-refractivity contribution < 1.29 is 14.3 Å². The van der Waals surface area contributed by atoms with Crippen LogP contribution in [0.4, 0.5) is 4.39 Å². The van der Waals surface area contributed by atoms with Crippen LogP contribution in [0.15, 0.2) is 54.7 Å². The molecule has 0 fully saturated rings. The molecule has 0 amide bonds. The van der Waals surface area contributed by atoms with Crippen molar-refractivity contribution in [3.05, 3.63) is 71.7 Å². The second-order valence-electron chi connectivity index (χ2n) is 5.00. The number of halogens is 1. The molecule has 1 aromatic heterocycles. The van der Waals surface area contributed by atoms with Crippen LogP contribution in [0.25, 0.3) is 10.9 Å². The van der Waals surface area contributed by atoms with Crippen molar-refractivity contribution in [3.8, 4) is 0 Å². The molecule has 3 nitrogen and oxygen atoms in total. The van der Waals surface area contributed by atoms with Crippen molar-refractivity contribution in [2.75, 3.05) is 0 Å². The van der Waals surface area contributed by atoms with Gasteiger partial charge in [0.05, 0.1) is 6.42 Å². The summed E-state index contributed by atoms with van der Waals surface area (Å²) in [6.45, 7) is 0. The number of hydrogen-bond acceptors (Lipinski definition) is 1. The Hall–Kier alpha value is -2.62. The number of carboxylic acids is 1. The van der Waals surface area contributed by atoms with Gasteiger partial charge in [-0.1, -0.05) is 30.3 Å². The third kappa shape index (κ3) is 2.65. The number of aliphatic carboxylic acids is 1. The van der Waals surface area contributed by atoms with E-state index in [-0.39, 0.29) is 18.2 Å². The average molecular weight is 283 g/mol. The van der Waals surface area contributed by atoms with Crippen molar-refractivity contribution in [1.29, 1.82) is 0 Å². The van der Waals surface area contributed by atoms with Crippen molar-refractivity contribution >= 4 is 16.9 Å². The highest BCUT2D eigenvalue weighted by Gasteiger charge is 2.21. The zero-order valence-corrected chi connectivity index (χ0v) is 11.2. The maximum Gasteiger partial charge on any atom is 0.304 e. The van der Waals surface area contributed by atoms with Crippen molar-refractivity contribution in [2.24, 2.45) is 0 Å². The fraction of sp³-hybridized carbons (Fsp3) is 0.118. The van der Waals surface area contributed by atoms with Crippen LogP contribution in [0.1, 0.15) is 23.5 Å². The number of carbonyl (C=O) groups is 1. The van der Waals surface area contributed by atoms with E-state index in [1.54, 1.807) is 12.1 Å². The molecular weight excluding hydrogens is 269 g/mol. The van der Waals surface area contributed by atoms with Crippen LogP contribution in [0.2, 0.25) is 0 Å². The van der Waals surface area contributed by atoms with Crippen molar-refractivity contribution in [1.82, 2.24) is 4.98 Å². The van der Waals surface area contributed by atoms with E-state index in [4.69, 9.17) is 0 Å². The number of aromatic nitrogens is 1. The van der Waals surface area contributed by atoms with E-state index in [1.165, 1.54) is 12.1 Å². The highest BCUT2D eigenvalue weighted by atomic mass is 19.1. The van der Waals surface area contributed by atoms with Gasteiger partial charge in [0, 0.05) is 23.0 Å². The summed E-state index contributed by atoms with van der Waals surface area (Å²) in [5, 5.41) is 10.1. The van der Waals surface area contributed by atoms with Crippen LogP contribution >= 0.6 is 0 Å². The number of carboxylic acid groups (broad SMARTS) is 1. The molecule has 0 aliphatic carbocycles. The van der Waals surface area contributed by atoms with Gasteiger partial charge in [-0.2, -0.15) is 0 Å². The first-order chi connectivity index (χ1) is 10.1. The molecule has 1 heterocycles. The van der Waals surface area contributed by atoms with Crippen LogP contribution in [-0.4, -0.2) is 16.1 Å². The summed E-state index contributed by atoms with van der Waals surface area (Å²) < 4.78 is 13.5. The molecule has 0 radical (unpaired) electrons. The summed E-state index contributed by atoms with van der Waals surface area (Å²) in [6, 6.07) is 13.8. The SMILES string of the molecule is O=C(O)C[C@H](c1cccc(F)c1)c1c[nH]c2ccccc12. The third-order valence-electron chi connectivity index (χ3n) is 3.63. The lowest BCUT2D eigenvalue weighted by molar-refractivity contribution is -0.137. The van der Waals surface area contributed by atoms with E-state index in [9.17, 15) is 14.3 Å². The monoisotopic (exact) mass is 283 g/mol. The van der Waals surface area contributed by atoms with Gasteiger partial charge in [0.2, 0.25) is 0 Å². The molecular formula is C17H14FNO2. The Morgan fingerprint density at radius 1 is 1.19 bits per heavy atom. The second kappa shape index (κ2) is 5.40. The van der Waals surface area contributed by atoms with Crippen LogP contribution < -0.4 is 0 Å². The minimum atomic E-state index is -0.908. The molecule has 0 aliphatic rings. The third-order valence-corrected chi connectivity index (χ3v) is 3.63. The molecule has 0 saturated heterocycles. The Morgan fingerprint density at radius 3 is 2.76 bits per heavy atom. The van der Waals surface area contributed by atoms with E-state index in [0.29, 0.717) is 5.56 Å². The van der Waals surface area contributed by atoms with Gasteiger partial charge in [-0.25, -0.2) is 4.39 Å². The molecule has 4 heteroatoms. The Kier molecular flexibility index (Phi) is 3.44. The molecule has 2 N–H and O–H groups in total. The molecule has 3 rings (SSSR count). The molecule has 0 saturated carbocycles. The van der Waals surface area contributed by atoms with Gasteiger partial charge in [0.15, 0.2) is 0 Å². The number of H-pyrrole nitrogens is 1. The highest BCUT2D eigenvalue weighted by molar-refractivity contribution is 5.85. The number of hydrogen-bond donors (Lipinski definition) is 2. The first-order valence-corrected chi connectivity index (χ1v) is 6.68. The van der Waals surface area contributed by atoms with Gasteiger partial charge in [-0.05, 0) is 29.3 Å². The average Bonchev–Trinajstić information content (AvgIpc) is 2.88. The van der Waals surface area contributed by atoms with Gasteiger partial charge in [-0.15, -0.1) is 0 Å². The van der Waals surface area contributed by atoms with Crippen molar-refractivity contribution in [2.45, 2.75) is 12.3 Å². The first-order valence-electron chi connectivity index (χ1n) is 6.68. The molecule has 3 aromatic rings. The Morgan fingerprint density at radius 2 is 2.00 bits per heavy atom. The van der Waals surface area contributed by atoms with Crippen LogP contribution in [-0.2, 0) is 4.79 Å². The molecule has 2 aromatic carbocycles. The maximum atomic E-state index is 13.5. The second-order valence-corrected chi connectivity index (χ2v) is 5.00. The first kappa shape index (κ1) is 13.4. The van der Waals surface area contributed by atoms with Gasteiger partial charge < -0.3 is 10.1 Å². The van der Waals surface area contributed by atoms with E-state index < -0.39 is 5.97 Å². The Balaban J connectivity index is 2.13. The minimum Gasteiger partial charge on any atom is -0.481 e. The molecule has 0 unspecified atom stereocenters. The lowest BCUT2D eigenvalue weighted by Gasteiger charge is -2.15. The van der Waals surface area contributed by atoms with Gasteiger partial charge in [-0.3, -0.25) is 4.79 Å². The Labute approximate surface area is 121 Å². The zero-order valence-electron chi connectivity index (χ0n) is 11.2. The summed E-state index contributed by atoms with van der Waals surface area (Å²) in [4.78, 5) is 14.3. The minimum absolute atomic E-state index is 0.0781. The molecule has 106 valence electrons. The number of rotatable bonds is 4. The maximum absolute atomic E-state index is 13.5. The normalized spacial score (nSPS) is 12.4. The Bertz CT molecular complexity index is 794. The molecule has 1 atom stereocenters. The molecule has 21 heavy (non-hydrogen) atoms.